The van der Waals surface area contributed by atoms with Gasteiger partial charge in [0.2, 0.25) is 0 Å². The molecule has 21 heavy (non-hydrogen) atoms. The highest BCUT2D eigenvalue weighted by Crippen LogP contribution is 2.06. The number of aromatic nitrogens is 2. The fourth-order valence-electron chi connectivity index (χ4n) is 1.79. The molecule has 0 aliphatic heterocycles. The second-order valence-electron chi connectivity index (χ2n) is 4.54. The summed E-state index contributed by atoms with van der Waals surface area (Å²) in [5.41, 5.74) is 1.81. The average Bonchev–Trinajstić information content (AvgIpc) is 2.82. The minimum absolute atomic E-state index is 0. The van der Waals surface area contributed by atoms with Crippen LogP contribution in [0.2, 0.25) is 0 Å². The van der Waals surface area contributed by atoms with Crippen LogP contribution >= 0.6 is 12.4 Å². The smallest absolute Gasteiger partial charge is 0.271 e. The van der Waals surface area contributed by atoms with Gasteiger partial charge < -0.3 is 10.6 Å². The Labute approximate surface area is 128 Å². The molecule has 0 unspecified atom stereocenters. The summed E-state index contributed by atoms with van der Waals surface area (Å²) in [5, 5.41) is 8.46. The van der Waals surface area contributed by atoms with Crippen LogP contribution in [0.3, 0.4) is 0 Å². The van der Waals surface area contributed by atoms with E-state index in [2.05, 4.69) is 15.7 Å². The monoisotopic (exact) mass is 310 g/mol. The largest absolute Gasteiger partial charge is 0.349 e. The maximum absolute atomic E-state index is 11.9. The third kappa shape index (κ3) is 4.21. The minimum atomic E-state index is -0.289. The van der Waals surface area contributed by atoms with E-state index < -0.39 is 0 Å². The number of aryl methyl sites for hydroxylation is 1. The van der Waals surface area contributed by atoms with E-state index >= 15 is 0 Å². The van der Waals surface area contributed by atoms with Crippen LogP contribution in [0.15, 0.2) is 35.1 Å². The van der Waals surface area contributed by atoms with Gasteiger partial charge in [0.25, 0.3) is 11.5 Å². The van der Waals surface area contributed by atoms with Gasteiger partial charge >= 0.3 is 0 Å². The maximum Gasteiger partial charge on any atom is 0.271 e. The van der Waals surface area contributed by atoms with Gasteiger partial charge in [0, 0.05) is 19.2 Å². The number of likely N-dealkylation sites (N-methyl/N-ethyl adjacent to an activating group) is 1. The number of hydrogen-bond donors (Lipinski definition) is 3. The highest BCUT2D eigenvalue weighted by atomic mass is 35.5. The molecule has 1 aromatic carbocycles. The first-order valence-corrected chi connectivity index (χ1v) is 6.43. The van der Waals surface area contributed by atoms with Crippen molar-refractivity contribution in [1.82, 2.24) is 20.4 Å². The summed E-state index contributed by atoms with van der Waals surface area (Å²) in [5.74, 6) is -0.289. The number of nitrogens with one attached hydrogen (secondary N) is 3. The lowest BCUT2D eigenvalue weighted by atomic mass is 10.2. The van der Waals surface area contributed by atoms with Crippen molar-refractivity contribution in [1.29, 1.82) is 0 Å². The molecule has 7 heteroatoms. The quantitative estimate of drug-likeness (QED) is 0.716. The average molecular weight is 311 g/mol. The van der Waals surface area contributed by atoms with Crippen LogP contribution in [-0.2, 0) is 0 Å². The molecule has 0 radical (unpaired) electrons. The third-order valence-electron chi connectivity index (χ3n) is 2.92. The van der Waals surface area contributed by atoms with Crippen molar-refractivity contribution in [2.24, 2.45) is 0 Å². The van der Waals surface area contributed by atoms with E-state index in [0.717, 1.165) is 5.56 Å². The summed E-state index contributed by atoms with van der Waals surface area (Å²) in [7, 11) is 1.81. The molecule has 0 aliphatic carbocycles. The maximum atomic E-state index is 11.9. The fraction of sp³-hybridized carbons (Fsp3) is 0.286. The van der Waals surface area contributed by atoms with Gasteiger partial charge in [0.15, 0.2) is 0 Å². The van der Waals surface area contributed by atoms with Crippen LogP contribution in [0.25, 0.3) is 5.69 Å². The van der Waals surface area contributed by atoms with Crippen molar-refractivity contribution in [3.63, 3.8) is 0 Å². The molecule has 0 spiro atoms. The highest BCUT2D eigenvalue weighted by Gasteiger charge is 2.11. The SMILES string of the molecule is CNCCNC(=O)c1cc(=O)n(-c2ccc(C)cc2)[nH]1.Cl. The lowest BCUT2D eigenvalue weighted by molar-refractivity contribution is 0.0948. The standard InChI is InChI=1S/C14H18N4O2.ClH/c1-10-3-5-11(6-4-10)18-13(19)9-12(17-18)14(20)16-8-7-15-2;/h3-6,9,15,17H,7-8H2,1-2H3,(H,16,20);1H. The van der Waals surface area contributed by atoms with Gasteiger partial charge in [0.1, 0.15) is 5.69 Å². The highest BCUT2D eigenvalue weighted by molar-refractivity contribution is 5.92. The molecular formula is C14H19ClN4O2. The van der Waals surface area contributed by atoms with E-state index in [9.17, 15) is 9.59 Å². The fourth-order valence-corrected chi connectivity index (χ4v) is 1.79. The lowest BCUT2D eigenvalue weighted by Gasteiger charge is -2.04. The molecule has 2 rings (SSSR count). The number of aromatic amines is 1. The molecule has 1 heterocycles. The number of halogens is 1. The molecule has 0 bridgehead atoms. The van der Waals surface area contributed by atoms with Crippen molar-refractivity contribution in [2.45, 2.75) is 6.92 Å². The number of amides is 1. The summed E-state index contributed by atoms with van der Waals surface area (Å²) in [6, 6.07) is 8.78. The molecule has 2 aromatic rings. The second-order valence-corrected chi connectivity index (χ2v) is 4.54. The summed E-state index contributed by atoms with van der Waals surface area (Å²) in [4.78, 5) is 23.7. The number of nitrogens with zero attached hydrogens (tertiary/aromatic N) is 1. The summed E-state index contributed by atoms with van der Waals surface area (Å²) >= 11 is 0. The van der Waals surface area contributed by atoms with Crippen LogP contribution < -0.4 is 16.2 Å². The molecule has 0 fully saturated rings. The molecule has 6 nitrogen and oxygen atoms in total. The topological polar surface area (TPSA) is 78.9 Å². The van der Waals surface area contributed by atoms with E-state index in [1.807, 2.05) is 38.2 Å². The molecule has 0 aliphatic rings. The Balaban J connectivity index is 0.00000220. The van der Waals surface area contributed by atoms with Crippen molar-refractivity contribution in [2.75, 3.05) is 20.1 Å². The normalized spacial score (nSPS) is 10.0. The Morgan fingerprint density at radius 3 is 2.52 bits per heavy atom. The van der Waals surface area contributed by atoms with Crippen molar-refractivity contribution in [3.05, 3.63) is 51.9 Å². The first-order chi connectivity index (χ1) is 9.61. The van der Waals surface area contributed by atoms with Gasteiger partial charge in [0.05, 0.1) is 5.69 Å². The minimum Gasteiger partial charge on any atom is -0.349 e. The van der Waals surface area contributed by atoms with Crippen LogP contribution in [0.1, 0.15) is 16.1 Å². The number of hydrogen-bond acceptors (Lipinski definition) is 3. The lowest BCUT2D eigenvalue weighted by Crippen LogP contribution is -2.30. The molecule has 1 aromatic heterocycles. The van der Waals surface area contributed by atoms with Crippen molar-refractivity contribution in [3.8, 4) is 5.69 Å². The van der Waals surface area contributed by atoms with Gasteiger partial charge in [-0.25, -0.2) is 4.68 Å². The number of carbonyl (C=O) groups excluding carboxylic acids is 1. The first kappa shape index (κ1) is 17.0. The Morgan fingerprint density at radius 2 is 1.90 bits per heavy atom. The number of rotatable bonds is 5. The van der Waals surface area contributed by atoms with Gasteiger partial charge in [-0.15, -0.1) is 12.4 Å². The second kappa shape index (κ2) is 7.66. The van der Waals surface area contributed by atoms with Crippen molar-refractivity contribution >= 4 is 18.3 Å². The molecule has 1 amide bonds. The Bertz CT molecular complexity index is 646. The van der Waals surface area contributed by atoms with E-state index in [4.69, 9.17) is 0 Å². The predicted molar refractivity (Wildman–Crippen MR) is 84.6 cm³/mol. The summed E-state index contributed by atoms with van der Waals surface area (Å²) in [6.45, 7) is 3.16. The van der Waals surface area contributed by atoms with Gasteiger partial charge in [-0.1, -0.05) is 17.7 Å². The first-order valence-electron chi connectivity index (χ1n) is 6.43. The number of H-pyrrole nitrogens is 1. The zero-order valence-electron chi connectivity index (χ0n) is 12.0. The summed E-state index contributed by atoms with van der Waals surface area (Å²) < 4.78 is 1.35. The van der Waals surface area contributed by atoms with Crippen LogP contribution in [-0.4, -0.2) is 35.8 Å². The van der Waals surface area contributed by atoms with Crippen LogP contribution in [0.4, 0.5) is 0 Å². The van der Waals surface area contributed by atoms with E-state index in [1.165, 1.54) is 10.7 Å². The molecule has 114 valence electrons. The molecular weight excluding hydrogens is 292 g/mol. The van der Waals surface area contributed by atoms with Crippen LogP contribution in [0.5, 0.6) is 0 Å². The zero-order valence-corrected chi connectivity index (χ0v) is 12.8. The third-order valence-corrected chi connectivity index (χ3v) is 2.92. The van der Waals surface area contributed by atoms with Crippen molar-refractivity contribution < 1.29 is 4.79 Å². The Morgan fingerprint density at radius 1 is 1.24 bits per heavy atom. The predicted octanol–water partition coefficient (Wildman–Crippen LogP) is 0.845. The molecule has 0 saturated carbocycles. The molecule has 0 atom stereocenters. The van der Waals surface area contributed by atoms with Gasteiger partial charge in [-0.2, -0.15) is 0 Å². The molecule has 3 N–H and O–H groups in total. The number of carbonyl (C=O) groups is 1. The van der Waals surface area contributed by atoms with E-state index in [1.54, 1.807) is 0 Å². The Kier molecular flexibility index (Phi) is 6.20. The van der Waals surface area contributed by atoms with Gasteiger partial charge in [-0.3, -0.25) is 14.7 Å². The van der Waals surface area contributed by atoms with Crippen LogP contribution in [0, 0.1) is 6.92 Å². The van der Waals surface area contributed by atoms with E-state index in [-0.39, 0.29) is 29.6 Å². The molecule has 0 saturated heterocycles. The number of benzene rings is 1. The summed E-state index contributed by atoms with van der Waals surface area (Å²) in [6.07, 6.45) is 0. The van der Waals surface area contributed by atoms with E-state index in [0.29, 0.717) is 18.8 Å². The van der Waals surface area contributed by atoms with Gasteiger partial charge in [-0.05, 0) is 26.1 Å². The zero-order chi connectivity index (χ0) is 14.5. The Hall–Kier alpha value is -2.05.